The molecule has 0 aromatic heterocycles. The molecule has 2 nitrogen and oxygen atoms in total. The van der Waals surface area contributed by atoms with E-state index in [1.54, 1.807) is 0 Å². The van der Waals surface area contributed by atoms with E-state index in [2.05, 4.69) is 4.74 Å². The van der Waals surface area contributed by atoms with Crippen molar-refractivity contribution in [2.45, 2.75) is 6.18 Å². The Morgan fingerprint density at radius 2 is 2.00 bits per heavy atom. The molecule has 0 bridgehead atoms. The third-order valence-electron chi connectivity index (χ3n) is 2.01. The predicted octanol–water partition coefficient (Wildman–Crippen LogP) is 3.79. The Kier molecular flexibility index (Phi) is 4.27. The lowest BCUT2D eigenvalue weighted by atomic mass is 10.1. The lowest BCUT2D eigenvalue weighted by molar-refractivity contribution is -0.137. The van der Waals surface area contributed by atoms with Gasteiger partial charge in [0.15, 0.2) is 5.78 Å². The number of carbonyl (C=O) groups is 1. The average molecular weight is 287 g/mol. The van der Waals surface area contributed by atoms with Gasteiger partial charge in [0.25, 0.3) is 0 Å². The Balaban J connectivity index is 3.47. The summed E-state index contributed by atoms with van der Waals surface area (Å²) in [5.41, 5.74) is -1.42. The van der Waals surface area contributed by atoms with Crippen LogP contribution in [0.5, 0.6) is 5.75 Å². The molecule has 0 unspecified atom stereocenters. The lowest BCUT2D eigenvalue weighted by Gasteiger charge is -2.13. The largest absolute Gasteiger partial charge is 0.497 e. The van der Waals surface area contributed by atoms with Crippen LogP contribution < -0.4 is 4.74 Å². The highest BCUT2D eigenvalue weighted by Crippen LogP contribution is 2.39. The zero-order valence-corrected chi connectivity index (χ0v) is 10.1. The number of hydrogen-bond donors (Lipinski definition) is 0. The first-order chi connectivity index (χ1) is 7.81. The van der Waals surface area contributed by atoms with Crippen molar-refractivity contribution in [2.75, 3.05) is 13.0 Å². The topological polar surface area (TPSA) is 26.3 Å². The van der Waals surface area contributed by atoms with E-state index in [1.807, 2.05) is 0 Å². The predicted molar refractivity (Wildman–Crippen MR) is 58.1 cm³/mol. The molecular formula is C10H7Cl2F3O2. The second-order valence-electron chi connectivity index (χ2n) is 3.09. The zero-order chi connectivity index (χ0) is 13.2. The van der Waals surface area contributed by atoms with Gasteiger partial charge in [0.2, 0.25) is 0 Å². The van der Waals surface area contributed by atoms with Gasteiger partial charge in [-0.1, -0.05) is 11.6 Å². The van der Waals surface area contributed by atoms with Crippen LogP contribution in [0.15, 0.2) is 12.1 Å². The molecule has 0 saturated carbocycles. The number of halogens is 5. The number of benzene rings is 1. The van der Waals surface area contributed by atoms with Crippen molar-refractivity contribution in [2.24, 2.45) is 0 Å². The molecule has 0 radical (unpaired) electrons. The fraction of sp³-hybridized carbons (Fsp3) is 0.300. The molecule has 0 heterocycles. The fourth-order valence-corrected chi connectivity index (χ4v) is 1.66. The quantitative estimate of drug-likeness (QED) is 0.624. The molecule has 0 fully saturated rings. The number of hydrogen-bond acceptors (Lipinski definition) is 2. The minimum atomic E-state index is -4.66. The molecule has 1 rings (SSSR count). The summed E-state index contributed by atoms with van der Waals surface area (Å²) >= 11 is 10.8. The van der Waals surface area contributed by atoms with Crippen LogP contribution in [0.2, 0.25) is 5.02 Å². The van der Waals surface area contributed by atoms with Gasteiger partial charge in [-0.05, 0) is 12.1 Å². The first-order valence-electron chi connectivity index (χ1n) is 4.35. The molecule has 1 aromatic rings. The van der Waals surface area contributed by atoms with E-state index in [-0.39, 0.29) is 11.3 Å². The smallest absolute Gasteiger partial charge is 0.418 e. The van der Waals surface area contributed by atoms with Crippen LogP contribution in [-0.2, 0) is 6.18 Å². The van der Waals surface area contributed by atoms with E-state index >= 15 is 0 Å². The summed E-state index contributed by atoms with van der Waals surface area (Å²) in [6, 6.07) is 1.86. The van der Waals surface area contributed by atoms with Gasteiger partial charge in [0.05, 0.1) is 23.6 Å². The van der Waals surface area contributed by atoms with Gasteiger partial charge in [0, 0.05) is 5.56 Å². The van der Waals surface area contributed by atoms with Gasteiger partial charge in [-0.15, -0.1) is 11.6 Å². The number of rotatable bonds is 3. The summed E-state index contributed by atoms with van der Waals surface area (Å²) < 4.78 is 42.6. The number of ketones is 1. The maximum absolute atomic E-state index is 12.6. The second kappa shape index (κ2) is 5.14. The van der Waals surface area contributed by atoms with E-state index in [9.17, 15) is 18.0 Å². The number of methoxy groups -OCH3 is 1. The fourth-order valence-electron chi connectivity index (χ4n) is 1.20. The summed E-state index contributed by atoms with van der Waals surface area (Å²) in [6.45, 7) is 0. The molecule has 0 atom stereocenters. The molecule has 17 heavy (non-hydrogen) atoms. The minimum Gasteiger partial charge on any atom is -0.497 e. The van der Waals surface area contributed by atoms with Crippen molar-refractivity contribution < 1.29 is 22.7 Å². The number of carbonyl (C=O) groups excluding carboxylic acids is 1. The van der Waals surface area contributed by atoms with Gasteiger partial charge in [-0.25, -0.2) is 0 Å². The Bertz CT molecular complexity index is 444. The highest BCUT2D eigenvalue weighted by Gasteiger charge is 2.35. The van der Waals surface area contributed by atoms with Gasteiger partial charge in [-0.3, -0.25) is 4.79 Å². The lowest BCUT2D eigenvalue weighted by Crippen LogP contribution is -2.11. The van der Waals surface area contributed by atoms with Crippen LogP contribution in [-0.4, -0.2) is 18.8 Å². The summed E-state index contributed by atoms with van der Waals surface area (Å²) in [4.78, 5) is 11.3. The van der Waals surface area contributed by atoms with Gasteiger partial charge in [0.1, 0.15) is 5.75 Å². The molecular weight excluding hydrogens is 280 g/mol. The Labute approximate surface area is 105 Å². The zero-order valence-electron chi connectivity index (χ0n) is 8.57. The van der Waals surface area contributed by atoms with Gasteiger partial charge < -0.3 is 4.74 Å². The number of Topliss-reactive ketones (excluding diaryl/α,β-unsaturated/α-hetero) is 1. The molecule has 0 spiro atoms. The number of alkyl halides is 4. The van der Waals surface area contributed by atoms with Gasteiger partial charge >= 0.3 is 6.18 Å². The third kappa shape index (κ3) is 3.04. The van der Waals surface area contributed by atoms with E-state index in [0.717, 1.165) is 12.1 Å². The Hall–Kier alpha value is -0.940. The van der Waals surface area contributed by atoms with Crippen LogP contribution in [0.25, 0.3) is 0 Å². The van der Waals surface area contributed by atoms with Crippen molar-refractivity contribution in [3.05, 3.63) is 28.3 Å². The van der Waals surface area contributed by atoms with Crippen molar-refractivity contribution in [1.29, 1.82) is 0 Å². The molecule has 0 aliphatic carbocycles. The standard InChI is InChI=1S/C10H7Cl2F3O2/c1-17-5-2-6(8(16)4-11)9(12)7(3-5)10(13,14)15/h2-3H,4H2,1H3. The highest BCUT2D eigenvalue weighted by molar-refractivity contribution is 6.38. The summed E-state index contributed by atoms with van der Waals surface area (Å²) in [5.74, 6) is -1.25. The SMILES string of the molecule is COc1cc(C(=O)CCl)c(Cl)c(C(F)(F)F)c1. The van der Waals surface area contributed by atoms with Crippen molar-refractivity contribution in [1.82, 2.24) is 0 Å². The summed E-state index contributed by atoms with van der Waals surface area (Å²) in [5, 5.41) is -0.663. The normalized spacial score (nSPS) is 11.4. The number of ether oxygens (including phenoxy) is 1. The minimum absolute atomic E-state index is 0.102. The molecule has 7 heteroatoms. The summed E-state index contributed by atoms with van der Waals surface area (Å²) in [7, 11) is 1.19. The van der Waals surface area contributed by atoms with E-state index in [0.29, 0.717) is 0 Å². The Morgan fingerprint density at radius 3 is 2.41 bits per heavy atom. The second-order valence-corrected chi connectivity index (χ2v) is 3.74. The molecule has 0 aliphatic rings. The van der Waals surface area contributed by atoms with Crippen molar-refractivity contribution >= 4 is 29.0 Å². The van der Waals surface area contributed by atoms with Crippen LogP contribution >= 0.6 is 23.2 Å². The van der Waals surface area contributed by atoms with Crippen molar-refractivity contribution in [3.8, 4) is 5.75 Å². The van der Waals surface area contributed by atoms with Crippen LogP contribution in [0.1, 0.15) is 15.9 Å². The first-order valence-corrected chi connectivity index (χ1v) is 5.26. The molecule has 94 valence electrons. The molecule has 0 N–H and O–H groups in total. The maximum atomic E-state index is 12.6. The van der Waals surface area contributed by atoms with Crippen LogP contribution in [0.4, 0.5) is 13.2 Å². The van der Waals surface area contributed by atoms with E-state index in [4.69, 9.17) is 23.2 Å². The monoisotopic (exact) mass is 286 g/mol. The molecule has 0 amide bonds. The molecule has 0 aliphatic heterocycles. The summed E-state index contributed by atoms with van der Waals surface area (Å²) in [6.07, 6.45) is -4.66. The highest BCUT2D eigenvalue weighted by atomic mass is 35.5. The third-order valence-corrected chi connectivity index (χ3v) is 2.66. The maximum Gasteiger partial charge on any atom is 0.418 e. The molecule has 1 aromatic carbocycles. The van der Waals surface area contributed by atoms with E-state index < -0.39 is 28.4 Å². The van der Waals surface area contributed by atoms with Crippen LogP contribution in [0, 0.1) is 0 Å². The van der Waals surface area contributed by atoms with E-state index in [1.165, 1.54) is 7.11 Å². The first kappa shape index (κ1) is 14.1. The van der Waals surface area contributed by atoms with Crippen LogP contribution in [0.3, 0.4) is 0 Å². The Morgan fingerprint density at radius 1 is 1.41 bits per heavy atom. The van der Waals surface area contributed by atoms with Crippen molar-refractivity contribution in [3.63, 3.8) is 0 Å². The van der Waals surface area contributed by atoms with Gasteiger partial charge in [-0.2, -0.15) is 13.2 Å². The average Bonchev–Trinajstić information content (AvgIpc) is 2.26. The molecule has 0 saturated heterocycles.